The second-order valence-electron chi connectivity index (χ2n) is 5.95. The first-order chi connectivity index (χ1) is 14.0. The van der Waals surface area contributed by atoms with Crippen molar-refractivity contribution >= 4 is 49.9 Å². The Morgan fingerprint density at radius 3 is 2.34 bits per heavy atom. The molecule has 0 aliphatic carbocycles. The lowest BCUT2D eigenvalue weighted by atomic mass is 10.2. The summed E-state index contributed by atoms with van der Waals surface area (Å²) < 4.78 is 16.9. The first-order valence-electron chi connectivity index (χ1n) is 8.46. The molecule has 0 fully saturated rings. The largest absolute Gasteiger partial charge is 0.493 e. The molecule has 9 nitrogen and oxygen atoms in total. The summed E-state index contributed by atoms with van der Waals surface area (Å²) >= 11 is 1.21. The predicted molar refractivity (Wildman–Crippen MR) is 111 cm³/mol. The fourth-order valence-electron chi connectivity index (χ4n) is 3.02. The molecule has 2 aromatic heterocycles. The average molecular weight is 411 g/mol. The highest BCUT2D eigenvalue weighted by molar-refractivity contribution is 7.21. The number of benzene rings is 2. The Balaban J connectivity index is 1.88. The van der Waals surface area contributed by atoms with Gasteiger partial charge >= 0.3 is 0 Å². The number of carbonyl (C=O) groups is 1. The van der Waals surface area contributed by atoms with Crippen molar-refractivity contribution in [3.63, 3.8) is 0 Å². The summed E-state index contributed by atoms with van der Waals surface area (Å²) in [4.78, 5) is 24.6. The zero-order chi connectivity index (χ0) is 20.5. The third-order valence-corrected chi connectivity index (χ3v) is 5.40. The van der Waals surface area contributed by atoms with E-state index in [0.717, 1.165) is 10.1 Å². The van der Waals surface area contributed by atoms with Crippen LogP contribution < -0.4 is 25.3 Å². The third-order valence-electron chi connectivity index (χ3n) is 4.29. The lowest BCUT2D eigenvalue weighted by Gasteiger charge is -2.15. The first-order valence-corrected chi connectivity index (χ1v) is 9.28. The van der Waals surface area contributed by atoms with Crippen molar-refractivity contribution in [1.82, 2.24) is 15.0 Å². The number of methoxy groups -OCH3 is 3. The van der Waals surface area contributed by atoms with Gasteiger partial charge in [0.2, 0.25) is 5.75 Å². The number of thiazole rings is 1. The molecule has 10 heteroatoms. The molecule has 4 rings (SSSR count). The number of nitrogens with one attached hydrogen (secondary N) is 1. The lowest BCUT2D eigenvalue weighted by Crippen LogP contribution is -2.09. The lowest BCUT2D eigenvalue weighted by molar-refractivity contribution is 0.1000. The minimum Gasteiger partial charge on any atom is -0.493 e. The van der Waals surface area contributed by atoms with Crippen LogP contribution in [0, 0.1) is 0 Å². The predicted octanol–water partition coefficient (Wildman–Crippen LogP) is 3.11. The Kier molecular flexibility index (Phi) is 4.77. The molecule has 0 aliphatic heterocycles. The van der Waals surface area contributed by atoms with Gasteiger partial charge in [0.25, 0.3) is 5.91 Å². The van der Waals surface area contributed by atoms with Crippen LogP contribution in [-0.4, -0.2) is 42.2 Å². The molecule has 0 unspecified atom stereocenters. The molecule has 1 amide bonds. The molecule has 0 aliphatic rings. The minimum absolute atomic E-state index is 0.232. The molecular formula is C19H17N5O4S. The molecule has 4 aromatic rings. The molecule has 3 N–H and O–H groups in total. The zero-order valence-corrected chi connectivity index (χ0v) is 16.7. The number of carbonyl (C=O) groups excluding carboxylic acids is 1. The number of amides is 1. The fourth-order valence-corrected chi connectivity index (χ4v) is 3.98. The number of hydrogen-bond donors (Lipinski definition) is 2. The van der Waals surface area contributed by atoms with Crippen molar-refractivity contribution in [2.75, 3.05) is 26.6 Å². The van der Waals surface area contributed by atoms with E-state index < -0.39 is 5.91 Å². The number of primary amides is 1. The van der Waals surface area contributed by atoms with Crippen molar-refractivity contribution in [3.8, 4) is 17.2 Å². The maximum Gasteiger partial charge on any atom is 0.277 e. The number of nitrogens with zero attached hydrogens (tertiary/aromatic N) is 3. The van der Waals surface area contributed by atoms with Gasteiger partial charge in [-0.25, -0.2) is 15.0 Å². The molecule has 0 saturated heterocycles. The smallest absolute Gasteiger partial charge is 0.277 e. The van der Waals surface area contributed by atoms with Crippen LogP contribution in [0.3, 0.4) is 0 Å². The van der Waals surface area contributed by atoms with Crippen LogP contribution in [-0.2, 0) is 0 Å². The van der Waals surface area contributed by atoms with Crippen LogP contribution >= 0.6 is 11.3 Å². The van der Waals surface area contributed by atoms with E-state index in [0.29, 0.717) is 39.8 Å². The van der Waals surface area contributed by atoms with Crippen molar-refractivity contribution in [1.29, 1.82) is 0 Å². The highest BCUT2D eigenvalue weighted by Crippen LogP contribution is 2.41. The monoisotopic (exact) mass is 411 g/mol. The highest BCUT2D eigenvalue weighted by Gasteiger charge is 2.17. The number of aromatic nitrogens is 3. The SMILES string of the molecule is COc1cc(Nc2ncnc3ccc4nc(C(N)=O)sc4c23)cc(OC)c1OC. The van der Waals surface area contributed by atoms with Gasteiger partial charge in [0.05, 0.1) is 42.4 Å². The number of fused-ring (bicyclic) bond motifs is 3. The molecule has 0 bridgehead atoms. The number of anilines is 2. The summed E-state index contributed by atoms with van der Waals surface area (Å²) in [5.74, 6) is 1.48. The maximum atomic E-state index is 11.6. The molecule has 148 valence electrons. The van der Waals surface area contributed by atoms with Gasteiger partial charge in [0, 0.05) is 17.8 Å². The van der Waals surface area contributed by atoms with Crippen molar-refractivity contribution < 1.29 is 19.0 Å². The van der Waals surface area contributed by atoms with E-state index in [4.69, 9.17) is 19.9 Å². The van der Waals surface area contributed by atoms with E-state index in [1.165, 1.54) is 17.7 Å². The van der Waals surface area contributed by atoms with E-state index >= 15 is 0 Å². The molecule has 29 heavy (non-hydrogen) atoms. The molecule has 2 aromatic carbocycles. The quantitative estimate of drug-likeness (QED) is 0.496. The molecule has 0 spiro atoms. The summed E-state index contributed by atoms with van der Waals surface area (Å²) in [5, 5.41) is 4.25. The fraction of sp³-hybridized carbons (Fsp3) is 0.158. The van der Waals surface area contributed by atoms with Gasteiger partial charge in [-0.3, -0.25) is 4.79 Å². The van der Waals surface area contributed by atoms with Gasteiger partial charge < -0.3 is 25.3 Å². The van der Waals surface area contributed by atoms with Gasteiger partial charge in [-0.2, -0.15) is 0 Å². The Hall–Kier alpha value is -3.66. The van der Waals surface area contributed by atoms with Gasteiger partial charge in [0.1, 0.15) is 12.1 Å². The summed E-state index contributed by atoms with van der Waals surface area (Å²) in [5.41, 5.74) is 7.44. The third kappa shape index (κ3) is 3.23. The van der Waals surface area contributed by atoms with E-state index in [9.17, 15) is 4.79 Å². The Morgan fingerprint density at radius 2 is 1.72 bits per heavy atom. The average Bonchev–Trinajstić information content (AvgIpc) is 3.18. The standard InChI is InChI=1S/C19H17N5O4S/c1-26-12-6-9(7-13(27-2)15(12)28-3)23-18-14-10(21-8-22-18)4-5-11-16(14)29-19(24-11)17(20)25/h4-8H,1-3H3,(H2,20,25)(H,21,22,23). The maximum absolute atomic E-state index is 11.6. The zero-order valence-electron chi connectivity index (χ0n) is 15.8. The molecular weight excluding hydrogens is 394 g/mol. The second kappa shape index (κ2) is 7.40. The number of ether oxygens (including phenoxy) is 3. The Labute approximate surface area is 169 Å². The molecule has 0 atom stereocenters. The molecule has 2 heterocycles. The minimum atomic E-state index is -0.574. The van der Waals surface area contributed by atoms with Gasteiger partial charge in [0.15, 0.2) is 16.5 Å². The highest BCUT2D eigenvalue weighted by atomic mass is 32.1. The number of rotatable bonds is 6. The van der Waals surface area contributed by atoms with Gasteiger partial charge in [-0.15, -0.1) is 11.3 Å². The Morgan fingerprint density at radius 1 is 1.03 bits per heavy atom. The van der Waals surface area contributed by atoms with Gasteiger partial charge in [-0.1, -0.05) is 0 Å². The normalized spacial score (nSPS) is 10.9. The van der Waals surface area contributed by atoms with E-state index in [-0.39, 0.29) is 5.01 Å². The summed E-state index contributed by atoms with van der Waals surface area (Å²) in [6.07, 6.45) is 1.46. The summed E-state index contributed by atoms with van der Waals surface area (Å²) in [6.45, 7) is 0. The second-order valence-corrected chi connectivity index (χ2v) is 6.95. The topological polar surface area (TPSA) is 121 Å². The number of nitrogens with two attached hydrogens (primary N) is 1. The first kappa shape index (κ1) is 18.7. The van der Waals surface area contributed by atoms with Crippen LogP contribution in [0.15, 0.2) is 30.6 Å². The number of hydrogen-bond acceptors (Lipinski definition) is 9. The van der Waals surface area contributed by atoms with Gasteiger partial charge in [-0.05, 0) is 12.1 Å². The van der Waals surface area contributed by atoms with Crippen LogP contribution in [0.5, 0.6) is 17.2 Å². The van der Waals surface area contributed by atoms with Crippen molar-refractivity contribution in [2.45, 2.75) is 0 Å². The van der Waals surface area contributed by atoms with Crippen LogP contribution in [0.1, 0.15) is 9.80 Å². The Bertz CT molecular complexity index is 1220. The molecule has 0 radical (unpaired) electrons. The van der Waals surface area contributed by atoms with Crippen molar-refractivity contribution in [3.05, 3.63) is 35.6 Å². The molecule has 0 saturated carbocycles. The van der Waals surface area contributed by atoms with E-state index in [1.54, 1.807) is 39.5 Å². The summed E-state index contributed by atoms with van der Waals surface area (Å²) in [6, 6.07) is 7.18. The summed E-state index contributed by atoms with van der Waals surface area (Å²) in [7, 11) is 4.64. The van der Waals surface area contributed by atoms with Crippen LogP contribution in [0.25, 0.3) is 21.1 Å². The van der Waals surface area contributed by atoms with E-state index in [1.807, 2.05) is 6.07 Å². The van der Waals surface area contributed by atoms with Crippen LogP contribution in [0.2, 0.25) is 0 Å². The van der Waals surface area contributed by atoms with Crippen molar-refractivity contribution in [2.24, 2.45) is 5.73 Å². The van der Waals surface area contributed by atoms with Crippen LogP contribution in [0.4, 0.5) is 11.5 Å². The van der Waals surface area contributed by atoms with E-state index in [2.05, 4.69) is 20.3 Å².